The molecule has 0 unspecified atom stereocenters. The molecule has 0 spiro atoms. The van der Waals surface area contributed by atoms with Crippen LogP contribution in [0.2, 0.25) is 0 Å². The number of hydrogen-bond acceptors (Lipinski definition) is 4. The van der Waals surface area contributed by atoms with Gasteiger partial charge in [-0.15, -0.1) is 0 Å². The van der Waals surface area contributed by atoms with Gasteiger partial charge >= 0.3 is 5.97 Å². The van der Waals surface area contributed by atoms with E-state index in [1.807, 2.05) is 0 Å². The maximum Gasteiger partial charge on any atom is 0.306 e. The fraction of sp³-hybridized carbons (Fsp3) is 0.909. The summed E-state index contributed by atoms with van der Waals surface area (Å²) in [6.45, 7) is 4.25. The molecule has 15 heavy (non-hydrogen) atoms. The van der Waals surface area contributed by atoms with Crippen LogP contribution in [0.5, 0.6) is 0 Å². The Balaban J connectivity index is 1.74. The van der Waals surface area contributed by atoms with E-state index in [9.17, 15) is 4.79 Å². The first kappa shape index (κ1) is 10.9. The minimum Gasteiger partial charge on any atom is -0.469 e. The molecule has 0 radical (unpaired) electrons. The number of likely N-dealkylation sites (tertiary alicyclic amines) is 1. The van der Waals surface area contributed by atoms with E-state index >= 15 is 0 Å². The molecule has 2 fully saturated rings. The second-order valence-corrected chi connectivity index (χ2v) is 4.55. The zero-order valence-corrected chi connectivity index (χ0v) is 9.37. The molecular formula is C11H20N2O2. The highest BCUT2D eigenvalue weighted by Gasteiger charge is 2.33. The lowest BCUT2D eigenvalue weighted by Crippen LogP contribution is -2.40. The van der Waals surface area contributed by atoms with Crippen LogP contribution in [0.3, 0.4) is 0 Å². The molecule has 4 nitrogen and oxygen atoms in total. The zero-order chi connectivity index (χ0) is 10.7. The number of ether oxygens (including phenoxy) is 1. The lowest BCUT2D eigenvalue weighted by atomic mass is 9.94. The molecule has 0 bridgehead atoms. The summed E-state index contributed by atoms with van der Waals surface area (Å²) in [6, 6.07) is 0.663. The van der Waals surface area contributed by atoms with Crippen LogP contribution < -0.4 is 5.32 Å². The third-order valence-electron chi connectivity index (χ3n) is 3.53. The van der Waals surface area contributed by atoms with Crippen LogP contribution in [0.4, 0.5) is 0 Å². The molecule has 2 aliphatic heterocycles. The van der Waals surface area contributed by atoms with Crippen molar-refractivity contribution in [1.82, 2.24) is 10.2 Å². The number of methoxy groups -OCH3 is 1. The van der Waals surface area contributed by atoms with E-state index in [0.717, 1.165) is 32.1 Å². The zero-order valence-electron chi connectivity index (χ0n) is 9.37. The number of piperidine rings is 1. The number of nitrogens with one attached hydrogen (secondary N) is 1. The Bertz CT molecular complexity index is 219. The second kappa shape index (κ2) is 4.94. The molecule has 0 aromatic carbocycles. The monoisotopic (exact) mass is 212 g/mol. The summed E-state index contributed by atoms with van der Waals surface area (Å²) >= 11 is 0. The molecule has 1 N–H and O–H groups in total. The molecule has 0 aromatic rings. The Morgan fingerprint density at radius 2 is 2.40 bits per heavy atom. The van der Waals surface area contributed by atoms with Crippen LogP contribution in [0.1, 0.15) is 19.3 Å². The number of rotatable bonds is 3. The summed E-state index contributed by atoms with van der Waals surface area (Å²) in [4.78, 5) is 13.4. The molecule has 0 aliphatic carbocycles. The van der Waals surface area contributed by atoms with E-state index in [1.165, 1.54) is 20.0 Å². The molecule has 4 heteroatoms. The van der Waals surface area contributed by atoms with Crippen molar-refractivity contribution in [2.75, 3.05) is 33.3 Å². The number of carbonyl (C=O) groups is 1. The number of fused-ring (bicyclic) bond motifs is 1. The second-order valence-electron chi connectivity index (χ2n) is 4.55. The van der Waals surface area contributed by atoms with Crippen molar-refractivity contribution in [3.8, 4) is 0 Å². The SMILES string of the molecule is COC(=O)CCN1C[C@@H]2CCCN[C@@H]2C1. The minimum absolute atomic E-state index is 0.0992. The Morgan fingerprint density at radius 3 is 3.13 bits per heavy atom. The first-order valence-corrected chi connectivity index (χ1v) is 5.82. The first-order chi connectivity index (χ1) is 7.29. The van der Waals surface area contributed by atoms with Gasteiger partial charge in [0.1, 0.15) is 0 Å². The fourth-order valence-corrected chi connectivity index (χ4v) is 2.67. The van der Waals surface area contributed by atoms with Gasteiger partial charge in [-0.25, -0.2) is 0 Å². The standard InChI is InChI=1S/C11H20N2O2/c1-15-11(14)4-6-13-7-9-3-2-5-12-10(9)8-13/h9-10,12H,2-8H2,1H3/t9-,10+/m0/s1. The predicted molar refractivity (Wildman–Crippen MR) is 57.6 cm³/mol. The van der Waals surface area contributed by atoms with Crippen molar-refractivity contribution in [3.63, 3.8) is 0 Å². The van der Waals surface area contributed by atoms with Gasteiger partial charge < -0.3 is 15.0 Å². The highest BCUT2D eigenvalue weighted by atomic mass is 16.5. The minimum atomic E-state index is -0.0992. The average molecular weight is 212 g/mol. The van der Waals surface area contributed by atoms with Gasteiger partial charge in [-0.3, -0.25) is 4.79 Å². The van der Waals surface area contributed by atoms with Gasteiger partial charge in [0.15, 0.2) is 0 Å². The Labute approximate surface area is 91.0 Å². The summed E-state index contributed by atoms with van der Waals surface area (Å²) in [7, 11) is 1.45. The van der Waals surface area contributed by atoms with Crippen LogP contribution in [0.25, 0.3) is 0 Å². The molecule has 0 amide bonds. The molecule has 2 aliphatic rings. The van der Waals surface area contributed by atoms with Crippen molar-refractivity contribution in [2.24, 2.45) is 5.92 Å². The molecule has 2 heterocycles. The van der Waals surface area contributed by atoms with Gasteiger partial charge in [0.25, 0.3) is 0 Å². The van der Waals surface area contributed by atoms with Crippen molar-refractivity contribution < 1.29 is 9.53 Å². The lowest BCUT2D eigenvalue weighted by Gasteiger charge is -2.24. The van der Waals surface area contributed by atoms with Crippen LogP contribution in [0, 0.1) is 5.92 Å². The molecule has 86 valence electrons. The van der Waals surface area contributed by atoms with E-state index in [0.29, 0.717) is 12.5 Å². The molecule has 2 saturated heterocycles. The summed E-state index contributed by atoms with van der Waals surface area (Å²) in [5, 5.41) is 3.55. The van der Waals surface area contributed by atoms with Crippen molar-refractivity contribution >= 4 is 5.97 Å². The van der Waals surface area contributed by atoms with Crippen LogP contribution in [-0.4, -0.2) is 50.2 Å². The molecule has 0 saturated carbocycles. The number of carbonyl (C=O) groups excluding carboxylic acids is 1. The lowest BCUT2D eigenvalue weighted by molar-refractivity contribution is -0.140. The topological polar surface area (TPSA) is 41.6 Å². The van der Waals surface area contributed by atoms with E-state index in [1.54, 1.807) is 0 Å². The van der Waals surface area contributed by atoms with E-state index in [-0.39, 0.29) is 5.97 Å². The Hall–Kier alpha value is -0.610. The average Bonchev–Trinajstić information content (AvgIpc) is 2.68. The molecule has 2 rings (SSSR count). The molecule has 0 aromatic heterocycles. The highest BCUT2D eigenvalue weighted by molar-refractivity contribution is 5.69. The summed E-state index contributed by atoms with van der Waals surface area (Å²) in [5.74, 6) is 0.703. The Kier molecular flexibility index (Phi) is 3.59. The van der Waals surface area contributed by atoms with Crippen LogP contribution in [0.15, 0.2) is 0 Å². The van der Waals surface area contributed by atoms with Gasteiger partial charge in [0.05, 0.1) is 13.5 Å². The van der Waals surface area contributed by atoms with E-state index in [4.69, 9.17) is 0 Å². The predicted octanol–water partition coefficient (Wildman–Crippen LogP) is 0.233. The van der Waals surface area contributed by atoms with Crippen molar-refractivity contribution in [3.05, 3.63) is 0 Å². The first-order valence-electron chi connectivity index (χ1n) is 5.82. The summed E-state index contributed by atoms with van der Waals surface area (Å²) in [6.07, 6.45) is 3.16. The van der Waals surface area contributed by atoms with Gasteiger partial charge in [-0.1, -0.05) is 0 Å². The van der Waals surface area contributed by atoms with Crippen molar-refractivity contribution in [1.29, 1.82) is 0 Å². The van der Waals surface area contributed by atoms with Crippen LogP contribution >= 0.6 is 0 Å². The van der Waals surface area contributed by atoms with E-state index < -0.39 is 0 Å². The third kappa shape index (κ3) is 2.69. The number of hydrogen-bond donors (Lipinski definition) is 1. The summed E-state index contributed by atoms with van der Waals surface area (Å²) in [5.41, 5.74) is 0. The molecule has 2 atom stereocenters. The highest BCUT2D eigenvalue weighted by Crippen LogP contribution is 2.24. The molecular weight excluding hydrogens is 192 g/mol. The largest absolute Gasteiger partial charge is 0.469 e. The van der Waals surface area contributed by atoms with Gasteiger partial charge in [0.2, 0.25) is 0 Å². The van der Waals surface area contributed by atoms with Gasteiger partial charge in [0, 0.05) is 25.7 Å². The maximum absolute atomic E-state index is 11.0. The quantitative estimate of drug-likeness (QED) is 0.680. The normalized spacial score (nSPS) is 31.3. The fourth-order valence-electron chi connectivity index (χ4n) is 2.67. The van der Waals surface area contributed by atoms with Crippen LogP contribution in [-0.2, 0) is 9.53 Å². The van der Waals surface area contributed by atoms with Gasteiger partial charge in [-0.2, -0.15) is 0 Å². The summed E-state index contributed by atoms with van der Waals surface area (Å²) < 4.78 is 4.65. The number of nitrogens with zero attached hydrogens (tertiary/aromatic N) is 1. The third-order valence-corrected chi connectivity index (χ3v) is 3.53. The number of esters is 1. The maximum atomic E-state index is 11.0. The Morgan fingerprint density at radius 1 is 1.53 bits per heavy atom. The van der Waals surface area contributed by atoms with Crippen molar-refractivity contribution in [2.45, 2.75) is 25.3 Å². The van der Waals surface area contributed by atoms with Gasteiger partial charge in [-0.05, 0) is 25.3 Å². The smallest absolute Gasteiger partial charge is 0.306 e. The van der Waals surface area contributed by atoms with E-state index in [2.05, 4.69) is 15.0 Å².